The summed E-state index contributed by atoms with van der Waals surface area (Å²) in [7, 11) is 0. The van der Waals surface area contributed by atoms with Crippen LogP contribution < -0.4 is 10.6 Å². The van der Waals surface area contributed by atoms with Crippen LogP contribution in [0.3, 0.4) is 0 Å². The van der Waals surface area contributed by atoms with Gasteiger partial charge in [0, 0.05) is 13.0 Å². The predicted molar refractivity (Wildman–Crippen MR) is 79.2 cm³/mol. The Bertz CT molecular complexity index is 547. The van der Waals surface area contributed by atoms with Gasteiger partial charge in [-0.2, -0.15) is 0 Å². The quantitative estimate of drug-likeness (QED) is 0.858. The molecule has 0 aromatic heterocycles. The molecule has 0 aliphatic carbocycles. The number of hydrogen-bond donors (Lipinski definition) is 1. The molecule has 0 bridgehead atoms. The summed E-state index contributed by atoms with van der Waals surface area (Å²) in [5.74, 6) is -0.166. The summed E-state index contributed by atoms with van der Waals surface area (Å²) in [4.78, 5) is 26.4. The van der Waals surface area contributed by atoms with E-state index in [4.69, 9.17) is 5.73 Å². The van der Waals surface area contributed by atoms with Crippen molar-refractivity contribution < 1.29 is 9.59 Å². The minimum absolute atomic E-state index is 0.0650. The van der Waals surface area contributed by atoms with Crippen molar-refractivity contribution in [2.75, 3.05) is 4.90 Å². The van der Waals surface area contributed by atoms with Crippen molar-refractivity contribution in [1.82, 2.24) is 0 Å². The Balaban J connectivity index is 2.48. The maximum Gasteiger partial charge on any atom is 0.240 e. The van der Waals surface area contributed by atoms with Crippen LogP contribution in [0.25, 0.3) is 0 Å². The number of hydrogen-bond acceptors (Lipinski definition) is 3. The molecular weight excluding hydrogens is 252 g/mol. The van der Waals surface area contributed by atoms with E-state index >= 15 is 0 Å². The van der Waals surface area contributed by atoms with Gasteiger partial charge in [-0.25, -0.2) is 4.90 Å². The Morgan fingerprint density at radius 1 is 1.25 bits per heavy atom. The number of imide groups is 1. The maximum atomic E-state index is 12.7. The molecule has 1 aromatic carbocycles. The Morgan fingerprint density at radius 2 is 1.90 bits per heavy atom. The van der Waals surface area contributed by atoms with Gasteiger partial charge in [0.05, 0.1) is 11.1 Å². The van der Waals surface area contributed by atoms with Crippen LogP contribution in [0.15, 0.2) is 18.2 Å². The van der Waals surface area contributed by atoms with Gasteiger partial charge < -0.3 is 5.73 Å². The molecule has 4 heteroatoms. The highest BCUT2D eigenvalue weighted by Gasteiger charge is 2.49. The van der Waals surface area contributed by atoms with Crippen LogP contribution in [0.1, 0.15) is 44.2 Å². The van der Waals surface area contributed by atoms with Crippen molar-refractivity contribution >= 4 is 17.5 Å². The lowest BCUT2D eigenvalue weighted by Gasteiger charge is -2.24. The number of nitrogens with zero attached hydrogens (tertiary/aromatic N) is 1. The van der Waals surface area contributed by atoms with Crippen molar-refractivity contribution in [2.24, 2.45) is 11.1 Å². The molecule has 1 aliphatic heterocycles. The van der Waals surface area contributed by atoms with Gasteiger partial charge in [0.1, 0.15) is 0 Å². The van der Waals surface area contributed by atoms with E-state index in [2.05, 4.69) is 0 Å². The molecule has 1 saturated heterocycles. The lowest BCUT2D eigenvalue weighted by molar-refractivity contribution is -0.126. The van der Waals surface area contributed by atoms with Crippen LogP contribution in [0, 0.1) is 12.3 Å². The van der Waals surface area contributed by atoms with E-state index in [1.54, 1.807) is 0 Å². The third-order valence-corrected chi connectivity index (χ3v) is 4.50. The molecule has 0 unspecified atom stereocenters. The van der Waals surface area contributed by atoms with Gasteiger partial charge in [0.2, 0.25) is 11.8 Å². The molecule has 1 aromatic rings. The third-order valence-electron chi connectivity index (χ3n) is 4.50. The van der Waals surface area contributed by atoms with Crippen LogP contribution in [-0.2, 0) is 16.1 Å². The fourth-order valence-electron chi connectivity index (χ4n) is 2.86. The van der Waals surface area contributed by atoms with E-state index in [-0.39, 0.29) is 11.8 Å². The lowest BCUT2D eigenvalue weighted by Crippen LogP contribution is -2.35. The summed E-state index contributed by atoms with van der Waals surface area (Å²) < 4.78 is 0. The molecule has 0 atom stereocenters. The molecule has 1 fully saturated rings. The molecule has 20 heavy (non-hydrogen) atoms. The highest BCUT2D eigenvalue weighted by Crippen LogP contribution is 2.42. The summed E-state index contributed by atoms with van der Waals surface area (Å²) in [5.41, 5.74) is 7.67. The van der Waals surface area contributed by atoms with Crippen molar-refractivity contribution in [2.45, 2.75) is 46.6 Å². The molecule has 0 spiro atoms. The fraction of sp³-hybridized carbons (Fsp3) is 0.500. The van der Waals surface area contributed by atoms with Gasteiger partial charge in [-0.1, -0.05) is 26.0 Å². The lowest BCUT2D eigenvalue weighted by atomic mass is 9.81. The number of amides is 2. The van der Waals surface area contributed by atoms with Gasteiger partial charge in [-0.3, -0.25) is 9.59 Å². The Kier molecular flexibility index (Phi) is 3.95. The van der Waals surface area contributed by atoms with Crippen LogP contribution in [0.5, 0.6) is 0 Å². The van der Waals surface area contributed by atoms with Crippen LogP contribution in [0.4, 0.5) is 5.69 Å². The topological polar surface area (TPSA) is 63.4 Å². The summed E-state index contributed by atoms with van der Waals surface area (Å²) in [5, 5.41) is 0. The molecule has 2 rings (SSSR count). The summed E-state index contributed by atoms with van der Waals surface area (Å²) in [6.07, 6.45) is 1.70. The molecule has 2 amide bonds. The van der Waals surface area contributed by atoms with Crippen LogP contribution in [-0.4, -0.2) is 11.8 Å². The first-order valence-corrected chi connectivity index (χ1v) is 7.16. The van der Waals surface area contributed by atoms with Crippen molar-refractivity contribution in [3.8, 4) is 0 Å². The maximum absolute atomic E-state index is 12.7. The number of aryl methyl sites for hydroxylation is 1. The number of nitrogens with two attached hydrogens (primary N) is 1. The number of benzene rings is 1. The fourth-order valence-corrected chi connectivity index (χ4v) is 2.86. The van der Waals surface area contributed by atoms with E-state index in [0.29, 0.717) is 31.5 Å². The van der Waals surface area contributed by atoms with E-state index in [9.17, 15) is 9.59 Å². The molecular formula is C16H22N2O2. The van der Waals surface area contributed by atoms with Crippen molar-refractivity contribution in [1.29, 1.82) is 0 Å². The summed E-state index contributed by atoms with van der Waals surface area (Å²) in [6.45, 7) is 6.26. The Morgan fingerprint density at radius 3 is 2.40 bits per heavy atom. The van der Waals surface area contributed by atoms with Gasteiger partial charge >= 0.3 is 0 Å². The van der Waals surface area contributed by atoms with Gasteiger partial charge in [0.15, 0.2) is 0 Å². The first-order chi connectivity index (χ1) is 9.49. The molecule has 2 N–H and O–H groups in total. The van der Waals surface area contributed by atoms with Gasteiger partial charge in [-0.05, 0) is 37.0 Å². The zero-order valence-electron chi connectivity index (χ0n) is 12.4. The zero-order valence-corrected chi connectivity index (χ0v) is 12.4. The second-order valence-corrected chi connectivity index (χ2v) is 5.52. The molecule has 0 saturated carbocycles. The number of carbonyl (C=O) groups excluding carboxylic acids is 2. The summed E-state index contributed by atoms with van der Waals surface area (Å²) >= 11 is 0. The largest absolute Gasteiger partial charge is 0.326 e. The Labute approximate surface area is 119 Å². The minimum Gasteiger partial charge on any atom is -0.326 e. The molecule has 1 heterocycles. The number of rotatable bonds is 4. The first kappa shape index (κ1) is 14.7. The third kappa shape index (κ3) is 2.14. The molecule has 1 aliphatic rings. The molecule has 4 nitrogen and oxygen atoms in total. The van der Waals surface area contributed by atoms with Gasteiger partial charge in [-0.15, -0.1) is 0 Å². The van der Waals surface area contributed by atoms with Crippen LogP contribution in [0.2, 0.25) is 0 Å². The van der Waals surface area contributed by atoms with Crippen molar-refractivity contribution in [3.63, 3.8) is 0 Å². The van der Waals surface area contributed by atoms with E-state index in [1.807, 2.05) is 39.0 Å². The van der Waals surface area contributed by atoms with Crippen LogP contribution >= 0.6 is 0 Å². The second-order valence-electron chi connectivity index (χ2n) is 5.52. The monoisotopic (exact) mass is 274 g/mol. The Hall–Kier alpha value is -1.68. The highest BCUT2D eigenvalue weighted by atomic mass is 16.2. The molecule has 0 radical (unpaired) electrons. The smallest absolute Gasteiger partial charge is 0.240 e. The highest BCUT2D eigenvalue weighted by molar-refractivity contribution is 6.22. The standard InChI is InChI=1S/C16H22N2O2/c1-4-16(5-2)9-14(19)18(15(16)20)13-8-12(10-17)7-6-11(13)3/h6-8H,4-5,9-10,17H2,1-3H3. The predicted octanol–water partition coefficient (Wildman–Crippen LogP) is 2.52. The van der Waals surface area contributed by atoms with E-state index < -0.39 is 5.41 Å². The summed E-state index contributed by atoms with van der Waals surface area (Å²) in [6, 6.07) is 5.69. The van der Waals surface area contributed by atoms with Gasteiger partial charge in [0.25, 0.3) is 0 Å². The number of carbonyl (C=O) groups is 2. The van der Waals surface area contributed by atoms with E-state index in [0.717, 1.165) is 11.1 Å². The average Bonchev–Trinajstić information content (AvgIpc) is 2.71. The normalized spacial score (nSPS) is 17.9. The first-order valence-electron chi connectivity index (χ1n) is 7.16. The van der Waals surface area contributed by atoms with E-state index in [1.165, 1.54) is 4.90 Å². The zero-order chi connectivity index (χ0) is 14.9. The SMILES string of the molecule is CCC1(CC)CC(=O)N(c2cc(CN)ccc2C)C1=O. The average molecular weight is 274 g/mol. The number of anilines is 1. The van der Waals surface area contributed by atoms with Crippen molar-refractivity contribution in [3.05, 3.63) is 29.3 Å². The molecule has 108 valence electrons. The minimum atomic E-state index is -0.526. The second kappa shape index (κ2) is 5.37.